The first kappa shape index (κ1) is 16.0. The van der Waals surface area contributed by atoms with Gasteiger partial charge in [-0.3, -0.25) is 0 Å². The summed E-state index contributed by atoms with van der Waals surface area (Å²) in [5.74, 6) is 0. The van der Waals surface area contributed by atoms with Crippen molar-refractivity contribution in [3.8, 4) is 0 Å². The summed E-state index contributed by atoms with van der Waals surface area (Å²) in [7, 11) is 4.53. The molecule has 0 bridgehead atoms. The Balaban J connectivity index is 2.49. The SMILES string of the molecule is CCCC(CCC)NCC1(N(C)C)CCCCC1. The van der Waals surface area contributed by atoms with Gasteiger partial charge in [-0.25, -0.2) is 0 Å². The average molecular weight is 254 g/mol. The van der Waals surface area contributed by atoms with Crippen LogP contribution in [0.3, 0.4) is 0 Å². The highest BCUT2D eigenvalue weighted by molar-refractivity contribution is 4.93. The summed E-state index contributed by atoms with van der Waals surface area (Å²) in [6.45, 7) is 5.78. The van der Waals surface area contributed by atoms with Crippen LogP contribution in [0.5, 0.6) is 0 Å². The zero-order chi connectivity index (χ0) is 13.4. The normalized spacial score (nSPS) is 19.7. The third-order valence-corrected chi connectivity index (χ3v) is 4.73. The molecule has 108 valence electrons. The molecule has 1 aliphatic rings. The molecule has 0 spiro atoms. The molecule has 0 atom stereocenters. The van der Waals surface area contributed by atoms with Crippen LogP contribution in [-0.4, -0.2) is 37.1 Å². The van der Waals surface area contributed by atoms with Gasteiger partial charge >= 0.3 is 0 Å². The van der Waals surface area contributed by atoms with Gasteiger partial charge in [0.1, 0.15) is 0 Å². The van der Waals surface area contributed by atoms with Gasteiger partial charge in [0.2, 0.25) is 0 Å². The van der Waals surface area contributed by atoms with Crippen molar-refractivity contribution in [2.75, 3.05) is 20.6 Å². The van der Waals surface area contributed by atoms with Crippen molar-refractivity contribution in [1.82, 2.24) is 10.2 Å². The first-order valence-electron chi connectivity index (χ1n) is 8.05. The van der Waals surface area contributed by atoms with E-state index in [1.54, 1.807) is 0 Å². The fourth-order valence-corrected chi connectivity index (χ4v) is 3.37. The number of rotatable bonds is 8. The average Bonchev–Trinajstić information content (AvgIpc) is 2.37. The highest BCUT2D eigenvalue weighted by atomic mass is 15.2. The molecule has 1 rings (SSSR count). The molecular weight excluding hydrogens is 220 g/mol. The van der Waals surface area contributed by atoms with Crippen molar-refractivity contribution in [3.05, 3.63) is 0 Å². The zero-order valence-corrected chi connectivity index (χ0v) is 13.1. The Labute approximate surface area is 115 Å². The minimum absolute atomic E-state index is 0.429. The van der Waals surface area contributed by atoms with E-state index in [1.165, 1.54) is 64.3 Å². The molecule has 2 heteroatoms. The Hall–Kier alpha value is -0.0800. The lowest BCUT2D eigenvalue weighted by molar-refractivity contribution is 0.0941. The number of hydrogen-bond donors (Lipinski definition) is 1. The van der Waals surface area contributed by atoms with Crippen LogP contribution >= 0.6 is 0 Å². The molecule has 1 saturated carbocycles. The number of nitrogens with one attached hydrogen (secondary N) is 1. The van der Waals surface area contributed by atoms with Crippen molar-refractivity contribution in [3.63, 3.8) is 0 Å². The maximum Gasteiger partial charge on any atom is 0.0327 e. The molecule has 1 N–H and O–H groups in total. The molecule has 0 unspecified atom stereocenters. The fourth-order valence-electron chi connectivity index (χ4n) is 3.37. The smallest absolute Gasteiger partial charge is 0.0327 e. The Bertz CT molecular complexity index is 201. The second kappa shape index (κ2) is 8.16. The molecule has 0 aliphatic heterocycles. The summed E-state index contributed by atoms with van der Waals surface area (Å²) in [5, 5.41) is 3.87. The van der Waals surface area contributed by atoms with E-state index >= 15 is 0 Å². The molecule has 0 radical (unpaired) electrons. The van der Waals surface area contributed by atoms with Gasteiger partial charge in [-0.05, 0) is 39.8 Å². The lowest BCUT2D eigenvalue weighted by atomic mass is 9.80. The van der Waals surface area contributed by atoms with Gasteiger partial charge in [0.25, 0.3) is 0 Å². The van der Waals surface area contributed by atoms with Crippen molar-refractivity contribution < 1.29 is 0 Å². The Kier molecular flexibility index (Phi) is 7.25. The molecule has 0 heterocycles. The monoisotopic (exact) mass is 254 g/mol. The van der Waals surface area contributed by atoms with Crippen molar-refractivity contribution >= 4 is 0 Å². The highest BCUT2D eigenvalue weighted by Gasteiger charge is 2.34. The molecule has 1 aliphatic carbocycles. The van der Waals surface area contributed by atoms with Crippen LogP contribution in [0.1, 0.15) is 71.6 Å². The minimum atomic E-state index is 0.429. The second-order valence-electron chi connectivity index (χ2n) is 6.33. The third-order valence-electron chi connectivity index (χ3n) is 4.73. The Morgan fingerprint density at radius 2 is 1.56 bits per heavy atom. The summed E-state index contributed by atoms with van der Waals surface area (Å²) in [6, 6.07) is 0.735. The van der Waals surface area contributed by atoms with Crippen LogP contribution < -0.4 is 5.32 Å². The van der Waals surface area contributed by atoms with Crippen LogP contribution in [0, 0.1) is 0 Å². The van der Waals surface area contributed by atoms with Crippen molar-refractivity contribution in [2.24, 2.45) is 0 Å². The molecule has 1 fully saturated rings. The molecule has 0 amide bonds. The first-order chi connectivity index (χ1) is 8.64. The summed E-state index contributed by atoms with van der Waals surface area (Å²) >= 11 is 0. The van der Waals surface area contributed by atoms with Crippen LogP contribution in [0.25, 0.3) is 0 Å². The maximum atomic E-state index is 3.87. The standard InChI is InChI=1S/C16H34N2/c1-5-10-15(11-6-2)17-14-16(18(3)4)12-8-7-9-13-16/h15,17H,5-14H2,1-4H3. The molecule has 0 aromatic carbocycles. The molecule has 0 saturated heterocycles. The predicted molar refractivity (Wildman–Crippen MR) is 81.1 cm³/mol. The summed E-state index contributed by atoms with van der Waals surface area (Å²) in [6.07, 6.45) is 12.3. The summed E-state index contributed by atoms with van der Waals surface area (Å²) in [5.41, 5.74) is 0.429. The third kappa shape index (κ3) is 4.55. The fraction of sp³-hybridized carbons (Fsp3) is 1.00. The van der Waals surface area contributed by atoms with Gasteiger partial charge in [0.15, 0.2) is 0 Å². The van der Waals surface area contributed by atoms with Crippen LogP contribution in [-0.2, 0) is 0 Å². The van der Waals surface area contributed by atoms with Gasteiger partial charge in [0, 0.05) is 18.1 Å². The van der Waals surface area contributed by atoms with Crippen molar-refractivity contribution in [2.45, 2.75) is 83.2 Å². The molecule has 2 nitrogen and oxygen atoms in total. The number of nitrogens with zero attached hydrogens (tertiary/aromatic N) is 1. The lowest BCUT2D eigenvalue weighted by Gasteiger charge is -2.44. The lowest BCUT2D eigenvalue weighted by Crippen LogP contribution is -2.54. The van der Waals surface area contributed by atoms with E-state index in [4.69, 9.17) is 0 Å². The van der Waals surface area contributed by atoms with E-state index < -0.39 is 0 Å². The maximum absolute atomic E-state index is 3.87. The van der Waals surface area contributed by atoms with Gasteiger partial charge < -0.3 is 10.2 Å². The minimum Gasteiger partial charge on any atom is -0.312 e. The predicted octanol–water partition coefficient (Wildman–Crippen LogP) is 3.81. The molecule has 18 heavy (non-hydrogen) atoms. The van der Waals surface area contributed by atoms with Crippen LogP contribution in [0.15, 0.2) is 0 Å². The van der Waals surface area contributed by atoms with Gasteiger partial charge in [-0.15, -0.1) is 0 Å². The molecular formula is C16H34N2. The first-order valence-corrected chi connectivity index (χ1v) is 8.05. The van der Waals surface area contributed by atoms with E-state index in [0.29, 0.717) is 5.54 Å². The second-order valence-corrected chi connectivity index (χ2v) is 6.33. The van der Waals surface area contributed by atoms with Crippen LogP contribution in [0.4, 0.5) is 0 Å². The quantitative estimate of drug-likeness (QED) is 0.708. The largest absolute Gasteiger partial charge is 0.312 e. The summed E-state index contributed by atoms with van der Waals surface area (Å²) in [4.78, 5) is 2.48. The van der Waals surface area contributed by atoms with Gasteiger partial charge in [0.05, 0.1) is 0 Å². The topological polar surface area (TPSA) is 15.3 Å². The van der Waals surface area contributed by atoms with E-state index in [2.05, 4.69) is 38.2 Å². The highest BCUT2D eigenvalue weighted by Crippen LogP contribution is 2.31. The zero-order valence-electron chi connectivity index (χ0n) is 13.1. The van der Waals surface area contributed by atoms with Crippen LogP contribution in [0.2, 0.25) is 0 Å². The molecule has 0 aromatic rings. The van der Waals surface area contributed by atoms with E-state index in [1.807, 2.05) is 0 Å². The van der Waals surface area contributed by atoms with E-state index in [-0.39, 0.29) is 0 Å². The van der Waals surface area contributed by atoms with Gasteiger partial charge in [-0.2, -0.15) is 0 Å². The van der Waals surface area contributed by atoms with Gasteiger partial charge in [-0.1, -0.05) is 46.0 Å². The van der Waals surface area contributed by atoms with E-state index in [9.17, 15) is 0 Å². The summed E-state index contributed by atoms with van der Waals surface area (Å²) < 4.78 is 0. The molecule has 0 aromatic heterocycles. The number of likely N-dealkylation sites (N-methyl/N-ethyl adjacent to an activating group) is 1. The Morgan fingerprint density at radius 3 is 2.00 bits per heavy atom. The van der Waals surface area contributed by atoms with E-state index in [0.717, 1.165) is 6.04 Å². The van der Waals surface area contributed by atoms with Crippen molar-refractivity contribution in [1.29, 1.82) is 0 Å². The Morgan fingerprint density at radius 1 is 1.00 bits per heavy atom. The number of hydrogen-bond acceptors (Lipinski definition) is 2.